The van der Waals surface area contributed by atoms with Crippen LogP contribution in [0, 0.1) is 0 Å². The van der Waals surface area contributed by atoms with E-state index in [9.17, 15) is 0 Å². The lowest BCUT2D eigenvalue weighted by molar-refractivity contribution is 0.242. The van der Waals surface area contributed by atoms with Crippen LogP contribution in [0.3, 0.4) is 0 Å². The molecule has 1 unspecified atom stereocenters. The van der Waals surface area contributed by atoms with Gasteiger partial charge in [0.2, 0.25) is 0 Å². The number of benzene rings is 2. The van der Waals surface area contributed by atoms with Crippen LogP contribution in [0.1, 0.15) is 37.3 Å². The van der Waals surface area contributed by atoms with Gasteiger partial charge in [0.1, 0.15) is 11.5 Å². The molecule has 1 atom stereocenters. The molecule has 2 aromatic heterocycles. The summed E-state index contributed by atoms with van der Waals surface area (Å²) in [6, 6.07) is 16.3. The normalized spacial score (nSPS) is 15.9. The van der Waals surface area contributed by atoms with Gasteiger partial charge in [0, 0.05) is 35.0 Å². The highest BCUT2D eigenvalue weighted by atomic mass is 16.5. The second kappa shape index (κ2) is 7.24. The van der Waals surface area contributed by atoms with Crippen LogP contribution in [-0.2, 0) is 0 Å². The van der Waals surface area contributed by atoms with Gasteiger partial charge in [-0.05, 0) is 44.0 Å². The second-order valence-electron chi connectivity index (χ2n) is 7.63. The molecule has 5 rings (SSSR count). The molecule has 0 saturated heterocycles. The van der Waals surface area contributed by atoms with Crippen molar-refractivity contribution in [1.82, 2.24) is 14.6 Å². The van der Waals surface area contributed by atoms with Gasteiger partial charge in [0.05, 0.1) is 18.9 Å². The standard InChI is InChI=1S/C24H23N3O2/c1-16(2)29-19-9-7-17(8-10-19)18-13-25-24-22(14-26-27(24)15-18)20-11-12-28-23-6-4-3-5-21(20)23/h3-10,13-16,20H,11-12H2,1-2H3. The number of rotatable bonds is 4. The predicted molar refractivity (Wildman–Crippen MR) is 113 cm³/mol. The molecule has 0 N–H and O–H groups in total. The molecule has 0 fully saturated rings. The van der Waals surface area contributed by atoms with Crippen LogP contribution >= 0.6 is 0 Å². The zero-order valence-electron chi connectivity index (χ0n) is 16.6. The van der Waals surface area contributed by atoms with E-state index in [1.54, 1.807) is 0 Å². The van der Waals surface area contributed by atoms with Crippen LogP contribution in [0.15, 0.2) is 67.1 Å². The van der Waals surface area contributed by atoms with E-state index in [1.807, 2.05) is 61.2 Å². The Morgan fingerprint density at radius 3 is 2.66 bits per heavy atom. The Hall–Kier alpha value is -3.34. The summed E-state index contributed by atoms with van der Waals surface area (Å²) in [7, 11) is 0. The largest absolute Gasteiger partial charge is 0.493 e. The van der Waals surface area contributed by atoms with Gasteiger partial charge in [-0.3, -0.25) is 0 Å². The van der Waals surface area contributed by atoms with Crippen molar-refractivity contribution in [1.29, 1.82) is 0 Å². The van der Waals surface area contributed by atoms with Gasteiger partial charge in [-0.25, -0.2) is 9.50 Å². The molecule has 0 radical (unpaired) electrons. The Bertz CT molecular complexity index is 1150. The summed E-state index contributed by atoms with van der Waals surface area (Å²) in [6.45, 7) is 4.76. The highest BCUT2D eigenvalue weighted by Crippen LogP contribution is 2.39. The third-order valence-electron chi connectivity index (χ3n) is 5.28. The molecule has 0 amide bonds. The van der Waals surface area contributed by atoms with Crippen LogP contribution < -0.4 is 9.47 Å². The van der Waals surface area contributed by atoms with Gasteiger partial charge in [0.25, 0.3) is 0 Å². The molecule has 5 nitrogen and oxygen atoms in total. The number of para-hydroxylation sites is 1. The monoisotopic (exact) mass is 385 g/mol. The molecule has 0 aliphatic carbocycles. The van der Waals surface area contributed by atoms with Crippen molar-refractivity contribution in [2.24, 2.45) is 0 Å². The topological polar surface area (TPSA) is 48.7 Å². The van der Waals surface area contributed by atoms with Crippen molar-refractivity contribution in [3.05, 3.63) is 78.2 Å². The van der Waals surface area contributed by atoms with Crippen LogP contribution in [0.5, 0.6) is 11.5 Å². The Kier molecular flexibility index (Phi) is 4.43. The van der Waals surface area contributed by atoms with Gasteiger partial charge in [-0.1, -0.05) is 30.3 Å². The fourth-order valence-corrected chi connectivity index (χ4v) is 3.95. The molecule has 4 aromatic rings. The summed E-state index contributed by atoms with van der Waals surface area (Å²) in [5.41, 5.74) is 5.36. The quantitative estimate of drug-likeness (QED) is 0.490. The Morgan fingerprint density at radius 1 is 1.00 bits per heavy atom. The minimum absolute atomic E-state index is 0.164. The smallest absolute Gasteiger partial charge is 0.158 e. The summed E-state index contributed by atoms with van der Waals surface area (Å²) >= 11 is 0. The average molecular weight is 385 g/mol. The van der Waals surface area contributed by atoms with Crippen molar-refractivity contribution in [2.45, 2.75) is 32.3 Å². The van der Waals surface area contributed by atoms with Crippen LogP contribution in [0.25, 0.3) is 16.8 Å². The molecular formula is C24H23N3O2. The average Bonchev–Trinajstić information content (AvgIpc) is 3.16. The van der Waals surface area contributed by atoms with E-state index in [0.717, 1.165) is 40.3 Å². The SMILES string of the molecule is CC(C)Oc1ccc(-c2cnc3c(C4CCOc5ccccc54)cnn3c2)cc1. The molecule has 146 valence electrons. The second-order valence-corrected chi connectivity index (χ2v) is 7.63. The van der Waals surface area contributed by atoms with Crippen molar-refractivity contribution < 1.29 is 9.47 Å². The Morgan fingerprint density at radius 2 is 1.83 bits per heavy atom. The zero-order valence-corrected chi connectivity index (χ0v) is 16.6. The maximum Gasteiger partial charge on any atom is 0.158 e. The number of ether oxygens (including phenoxy) is 2. The number of aromatic nitrogens is 3. The molecule has 1 aliphatic rings. The molecular weight excluding hydrogens is 362 g/mol. The van der Waals surface area contributed by atoms with E-state index in [2.05, 4.69) is 29.4 Å². The van der Waals surface area contributed by atoms with E-state index < -0.39 is 0 Å². The molecule has 0 spiro atoms. The Labute approximate surface area is 169 Å². The van der Waals surface area contributed by atoms with Gasteiger partial charge < -0.3 is 9.47 Å². The van der Waals surface area contributed by atoms with Gasteiger partial charge in [0.15, 0.2) is 5.65 Å². The van der Waals surface area contributed by atoms with E-state index in [1.165, 1.54) is 5.56 Å². The molecule has 3 heterocycles. The van der Waals surface area contributed by atoms with Crippen LogP contribution in [0.2, 0.25) is 0 Å². The summed E-state index contributed by atoms with van der Waals surface area (Å²) in [5.74, 6) is 2.09. The van der Waals surface area contributed by atoms with Gasteiger partial charge in [-0.2, -0.15) is 5.10 Å². The lowest BCUT2D eigenvalue weighted by Gasteiger charge is -2.25. The summed E-state index contributed by atoms with van der Waals surface area (Å²) in [5, 5.41) is 4.60. The van der Waals surface area contributed by atoms with Crippen LogP contribution in [0.4, 0.5) is 0 Å². The minimum Gasteiger partial charge on any atom is -0.493 e. The highest BCUT2D eigenvalue weighted by Gasteiger charge is 2.26. The van der Waals surface area contributed by atoms with Crippen molar-refractivity contribution >= 4 is 5.65 Å². The van der Waals surface area contributed by atoms with E-state index in [-0.39, 0.29) is 12.0 Å². The molecule has 0 bridgehead atoms. The lowest BCUT2D eigenvalue weighted by atomic mass is 9.88. The van der Waals surface area contributed by atoms with E-state index in [4.69, 9.17) is 14.5 Å². The molecule has 5 heteroatoms. The van der Waals surface area contributed by atoms with Crippen molar-refractivity contribution in [3.63, 3.8) is 0 Å². The maximum absolute atomic E-state index is 5.82. The minimum atomic E-state index is 0.164. The van der Waals surface area contributed by atoms with Gasteiger partial charge in [-0.15, -0.1) is 0 Å². The molecule has 2 aromatic carbocycles. The number of hydrogen-bond acceptors (Lipinski definition) is 4. The Balaban J connectivity index is 1.48. The number of nitrogens with zero attached hydrogens (tertiary/aromatic N) is 3. The van der Waals surface area contributed by atoms with Gasteiger partial charge >= 0.3 is 0 Å². The first-order chi connectivity index (χ1) is 14.2. The zero-order chi connectivity index (χ0) is 19.8. The first-order valence-corrected chi connectivity index (χ1v) is 10.0. The molecule has 1 aliphatic heterocycles. The third kappa shape index (κ3) is 3.33. The molecule has 0 saturated carbocycles. The van der Waals surface area contributed by atoms with Crippen molar-refractivity contribution in [2.75, 3.05) is 6.61 Å². The fourth-order valence-electron chi connectivity index (χ4n) is 3.95. The first-order valence-electron chi connectivity index (χ1n) is 10.0. The number of hydrogen-bond donors (Lipinski definition) is 0. The third-order valence-corrected chi connectivity index (χ3v) is 5.28. The predicted octanol–water partition coefficient (Wildman–Crippen LogP) is 5.10. The summed E-state index contributed by atoms with van der Waals surface area (Å²) in [6.07, 6.45) is 6.99. The number of fused-ring (bicyclic) bond motifs is 2. The lowest BCUT2D eigenvalue weighted by Crippen LogP contribution is -2.15. The molecule has 29 heavy (non-hydrogen) atoms. The highest BCUT2D eigenvalue weighted by molar-refractivity contribution is 5.65. The summed E-state index contributed by atoms with van der Waals surface area (Å²) < 4.78 is 13.4. The van der Waals surface area contributed by atoms with E-state index >= 15 is 0 Å². The fraction of sp³-hybridized carbons (Fsp3) is 0.250. The van der Waals surface area contributed by atoms with E-state index in [0.29, 0.717) is 6.61 Å². The first kappa shape index (κ1) is 17.7. The van der Waals surface area contributed by atoms with Crippen LogP contribution in [-0.4, -0.2) is 27.3 Å². The van der Waals surface area contributed by atoms with Crippen molar-refractivity contribution in [3.8, 4) is 22.6 Å². The maximum atomic E-state index is 5.82. The summed E-state index contributed by atoms with van der Waals surface area (Å²) in [4.78, 5) is 4.76.